The topological polar surface area (TPSA) is 0 Å². The van der Waals surface area contributed by atoms with Crippen LogP contribution in [0.4, 0.5) is 8.78 Å². The third-order valence-electron chi connectivity index (χ3n) is 3.36. The van der Waals surface area contributed by atoms with E-state index >= 15 is 0 Å². The van der Waals surface area contributed by atoms with Crippen LogP contribution < -0.4 is 0 Å². The van der Waals surface area contributed by atoms with Gasteiger partial charge in [0.05, 0.1) is 0 Å². The third kappa shape index (κ3) is 5.47. The first kappa shape index (κ1) is 16.3. The molecule has 0 fully saturated rings. The second-order valence-corrected chi connectivity index (χ2v) is 5.32. The van der Waals surface area contributed by atoms with Crippen molar-refractivity contribution in [1.29, 1.82) is 0 Å². The Hall–Kier alpha value is -0.660. The Morgan fingerprint density at radius 3 is 1.88 bits per heavy atom. The van der Waals surface area contributed by atoms with Gasteiger partial charge in [0.2, 0.25) is 0 Å². The molecule has 0 amide bonds. The summed E-state index contributed by atoms with van der Waals surface area (Å²) in [6.07, 6.45) is 2.51. The van der Waals surface area contributed by atoms with Crippen LogP contribution in [0.2, 0.25) is 0 Å². The summed E-state index contributed by atoms with van der Waals surface area (Å²) in [4.78, 5) is 0. The highest BCUT2D eigenvalue weighted by Gasteiger charge is 2.15. The molecular formula is C15H26F2. The van der Waals surface area contributed by atoms with Crippen molar-refractivity contribution in [3.05, 3.63) is 22.8 Å². The van der Waals surface area contributed by atoms with E-state index in [-0.39, 0.29) is 5.92 Å². The Labute approximate surface area is 105 Å². The summed E-state index contributed by atoms with van der Waals surface area (Å²) >= 11 is 0. The smallest absolute Gasteiger partial charge is 0.157 e. The molecule has 0 spiro atoms. The standard InChI is InChI=1S/C15H26F2/c1-7-11(4)14(16)15(17)13(6)12(5)9-8-10(2)3/h10,12H,7-9H2,1-6H3/b14-11+,15-13-. The number of allylic oxidation sites excluding steroid dienone is 4. The Balaban J connectivity index is 4.80. The van der Waals surface area contributed by atoms with Crippen molar-refractivity contribution >= 4 is 0 Å². The predicted octanol–water partition coefficient (Wildman–Crippen LogP) is 5.96. The fourth-order valence-corrected chi connectivity index (χ4v) is 1.53. The van der Waals surface area contributed by atoms with Crippen LogP contribution >= 0.6 is 0 Å². The van der Waals surface area contributed by atoms with Crippen LogP contribution in [0.5, 0.6) is 0 Å². The molecule has 0 heterocycles. The largest absolute Gasteiger partial charge is 0.204 e. The van der Waals surface area contributed by atoms with Crippen LogP contribution in [0, 0.1) is 11.8 Å². The molecular weight excluding hydrogens is 218 g/mol. The molecule has 0 N–H and O–H groups in total. The van der Waals surface area contributed by atoms with Gasteiger partial charge in [0.15, 0.2) is 11.7 Å². The molecule has 1 atom stereocenters. The van der Waals surface area contributed by atoms with Gasteiger partial charge in [0.25, 0.3) is 0 Å². The van der Waals surface area contributed by atoms with Gasteiger partial charge in [-0.25, -0.2) is 8.78 Å². The van der Waals surface area contributed by atoms with Gasteiger partial charge >= 0.3 is 0 Å². The average molecular weight is 244 g/mol. The zero-order valence-corrected chi connectivity index (χ0v) is 12.0. The summed E-state index contributed by atoms with van der Waals surface area (Å²) in [6, 6.07) is 0. The maximum atomic E-state index is 13.8. The Morgan fingerprint density at radius 2 is 1.47 bits per heavy atom. The number of hydrogen-bond donors (Lipinski definition) is 0. The van der Waals surface area contributed by atoms with Crippen molar-refractivity contribution in [2.75, 3.05) is 0 Å². The zero-order chi connectivity index (χ0) is 13.6. The number of halogens is 2. The lowest BCUT2D eigenvalue weighted by Gasteiger charge is -2.15. The number of rotatable bonds is 6. The van der Waals surface area contributed by atoms with Crippen molar-refractivity contribution in [1.82, 2.24) is 0 Å². The second-order valence-electron chi connectivity index (χ2n) is 5.32. The Bertz CT molecular complexity index is 298. The maximum absolute atomic E-state index is 13.8. The van der Waals surface area contributed by atoms with Crippen molar-refractivity contribution in [2.45, 2.75) is 60.8 Å². The first-order valence-corrected chi connectivity index (χ1v) is 6.53. The highest BCUT2D eigenvalue weighted by Crippen LogP contribution is 2.29. The Kier molecular flexibility index (Phi) is 7.33. The quantitative estimate of drug-likeness (QED) is 0.506. The van der Waals surface area contributed by atoms with Crippen LogP contribution in [-0.2, 0) is 0 Å². The average Bonchev–Trinajstić information content (AvgIpc) is 2.31. The van der Waals surface area contributed by atoms with Gasteiger partial charge in [-0.1, -0.05) is 34.1 Å². The molecule has 0 bridgehead atoms. The lowest BCUT2D eigenvalue weighted by molar-refractivity contribution is 0.464. The molecule has 0 rings (SSSR count). The summed E-state index contributed by atoms with van der Waals surface area (Å²) in [5.74, 6) is -0.610. The fraction of sp³-hybridized carbons (Fsp3) is 0.733. The highest BCUT2D eigenvalue weighted by molar-refractivity contribution is 5.28. The fourth-order valence-electron chi connectivity index (χ4n) is 1.53. The van der Waals surface area contributed by atoms with Gasteiger partial charge in [-0.2, -0.15) is 0 Å². The number of hydrogen-bond acceptors (Lipinski definition) is 0. The molecule has 0 aromatic rings. The van der Waals surface area contributed by atoms with Gasteiger partial charge in [0, 0.05) is 0 Å². The van der Waals surface area contributed by atoms with E-state index in [1.54, 1.807) is 13.8 Å². The molecule has 100 valence electrons. The summed E-state index contributed by atoms with van der Waals surface area (Å²) in [5.41, 5.74) is 1.02. The minimum absolute atomic E-state index is 0.104. The summed E-state index contributed by atoms with van der Waals surface area (Å²) < 4.78 is 27.5. The lowest BCUT2D eigenvalue weighted by atomic mass is 9.92. The normalized spacial score (nSPS) is 16.8. The Morgan fingerprint density at radius 1 is 0.941 bits per heavy atom. The highest BCUT2D eigenvalue weighted by atomic mass is 19.2. The molecule has 1 unspecified atom stereocenters. The van der Waals surface area contributed by atoms with Crippen molar-refractivity contribution in [2.24, 2.45) is 11.8 Å². The second kappa shape index (κ2) is 7.62. The van der Waals surface area contributed by atoms with Crippen LogP contribution in [-0.4, -0.2) is 0 Å². The van der Waals surface area contributed by atoms with E-state index < -0.39 is 11.7 Å². The van der Waals surface area contributed by atoms with E-state index in [4.69, 9.17) is 0 Å². The molecule has 0 aromatic heterocycles. The van der Waals surface area contributed by atoms with Gasteiger partial charge in [0.1, 0.15) is 0 Å². The zero-order valence-electron chi connectivity index (χ0n) is 12.0. The third-order valence-corrected chi connectivity index (χ3v) is 3.36. The van der Waals surface area contributed by atoms with Crippen molar-refractivity contribution in [3.8, 4) is 0 Å². The van der Waals surface area contributed by atoms with E-state index in [1.165, 1.54) is 0 Å². The van der Waals surface area contributed by atoms with Crippen LogP contribution in [0.3, 0.4) is 0 Å². The van der Waals surface area contributed by atoms with E-state index in [9.17, 15) is 8.78 Å². The molecule has 0 aliphatic rings. The van der Waals surface area contributed by atoms with E-state index in [0.717, 1.165) is 12.8 Å². The van der Waals surface area contributed by atoms with Crippen molar-refractivity contribution in [3.63, 3.8) is 0 Å². The molecule has 17 heavy (non-hydrogen) atoms. The van der Waals surface area contributed by atoms with Crippen LogP contribution in [0.25, 0.3) is 0 Å². The van der Waals surface area contributed by atoms with Gasteiger partial charge in [-0.15, -0.1) is 0 Å². The monoisotopic (exact) mass is 244 g/mol. The molecule has 0 saturated heterocycles. The summed E-state index contributed by atoms with van der Waals surface area (Å²) in [6.45, 7) is 11.4. The predicted molar refractivity (Wildman–Crippen MR) is 71.1 cm³/mol. The van der Waals surface area contributed by atoms with Gasteiger partial charge < -0.3 is 0 Å². The molecule has 0 nitrogen and oxygen atoms in total. The van der Waals surface area contributed by atoms with Crippen LogP contribution in [0.1, 0.15) is 60.8 Å². The molecule has 0 saturated carbocycles. The van der Waals surface area contributed by atoms with Crippen LogP contribution in [0.15, 0.2) is 22.8 Å². The first-order valence-electron chi connectivity index (χ1n) is 6.53. The van der Waals surface area contributed by atoms with E-state index in [1.807, 2.05) is 13.8 Å². The molecule has 2 heteroatoms. The van der Waals surface area contributed by atoms with Gasteiger partial charge in [-0.3, -0.25) is 0 Å². The van der Waals surface area contributed by atoms with E-state index in [0.29, 0.717) is 23.5 Å². The summed E-state index contributed by atoms with van der Waals surface area (Å²) in [7, 11) is 0. The molecule has 0 radical (unpaired) electrons. The molecule has 0 aliphatic carbocycles. The van der Waals surface area contributed by atoms with Crippen molar-refractivity contribution < 1.29 is 8.78 Å². The lowest BCUT2D eigenvalue weighted by Crippen LogP contribution is -2.02. The molecule has 0 aromatic carbocycles. The minimum Gasteiger partial charge on any atom is -0.204 e. The van der Waals surface area contributed by atoms with Gasteiger partial charge in [-0.05, 0) is 49.7 Å². The SMILES string of the molecule is CC/C(C)=C(F)\C(F)=C(/C)C(C)CCC(C)C. The molecule has 0 aliphatic heterocycles. The first-order chi connectivity index (χ1) is 7.81. The summed E-state index contributed by atoms with van der Waals surface area (Å²) in [5, 5.41) is 0. The minimum atomic E-state index is -0.665. The van der Waals surface area contributed by atoms with E-state index in [2.05, 4.69) is 13.8 Å². The maximum Gasteiger partial charge on any atom is 0.157 e.